The summed E-state index contributed by atoms with van der Waals surface area (Å²) in [6, 6.07) is 9.74. The molecule has 29 heavy (non-hydrogen) atoms. The lowest BCUT2D eigenvalue weighted by Crippen LogP contribution is -2.46. The molecule has 154 valence electrons. The normalized spacial score (nSPS) is 11.6. The van der Waals surface area contributed by atoms with Gasteiger partial charge in [-0.2, -0.15) is 0 Å². The Labute approximate surface area is 172 Å². The number of hydrogen-bond acceptors (Lipinski definition) is 6. The van der Waals surface area contributed by atoms with E-state index in [1.165, 1.54) is 6.07 Å². The summed E-state index contributed by atoms with van der Waals surface area (Å²) in [5.41, 5.74) is 6.23. The summed E-state index contributed by atoms with van der Waals surface area (Å²) < 4.78 is 5.05. The molecule has 0 radical (unpaired) electrons. The Morgan fingerprint density at radius 1 is 1.07 bits per heavy atom. The van der Waals surface area contributed by atoms with E-state index < -0.39 is 30.4 Å². The SMILES string of the molecule is CC(C)[C@H](NC(=O)Cc1ccccc1)C(=O)OCC(=O)Nc1sccc1C(N)=O. The Bertz CT molecular complexity index is 879. The van der Waals surface area contributed by atoms with Gasteiger partial charge in [0.25, 0.3) is 11.8 Å². The van der Waals surface area contributed by atoms with Crippen LogP contribution in [0.5, 0.6) is 0 Å². The summed E-state index contributed by atoms with van der Waals surface area (Å²) in [6.07, 6.45) is 0.131. The quantitative estimate of drug-likeness (QED) is 0.535. The van der Waals surface area contributed by atoms with Crippen molar-refractivity contribution in [2.45, 2.75) is 26.3 Å². The number of amides is 3. The number of nitrogens with two attached hydrogens (primary N) is 1. The average molecular weight is 417 g/mol. The van der Waals surface area contributed by atoms with E-state index >= 15 is 0 Å². The fourth-order valence-electron chi connectivity index (χ4n) is 2.49. The molecule has 1 atom stereocenters. The van der Waals surface area contributed by atoms with E-state index in [0.29, 0.717) is 0 Å². The number of carbonyl (C=O) groups excluding carboxylic acids is 4. The summed E-state index contributed by atoms with van der Waals surface area (Å²) in [4.78, 5) is 47.9. The van der Waals surface area contributed by atoms with Crippen LogP contribution in [0.25, 0.3) is 0 Å². The predicted molar refractivity (Wildman–Crippen MR) is 109 cm³/mol. The Kier molecular flexibility index (Phi) is 7.90. The molecule has 3 amide bonds. The summed E-state index contributed by atoms with van der Waals surface area (Å²) in [5, 5.41) is 7.03. The standard InChI is InChI=1S/C20H23N3O5S/c1-12(2)17(22-15(24)10-13-6-4-3-5-7-13)20(27)28-11-16(25)23-19-14(18(21)26)8-9-29-19/h3-9,12,17H,10-11H2,1-2H3,(H2,21,26)(H,22,24)(H,23,25)/t17-/m0/s1. The molecule has 1 heterocycles. The average Bonchev–Trinajstić information content (AvgIpc) is 3.13. The molecule has 0 saturated heterocycles. The highest BCUT2D eigenvalue weighted by atomic mass is 32.1. The number of carbonyl (C=O) groups is 4. The van der Waals surface area contributed by atoms with Crippen LogP contribution in [0.3, 0.4) is 0 Å². The Hall–Kier alpha value is -3.20. The fraction of sp³-hybridized carbons (Fsp3) is 0.300. The van der Waals surface area contributed by atoms with Gasteiger partial charge in [0, 0.05) is 0 Å². The second-order valence-electron chi connectivity index (χ2n) is 6.64. The molecule has 0 aliphatic rings. The number of anilines is 1. The lowest BCUT2D eigenvalue weighted by atomic mass is 10.0. The van der Waals surface area contributed by atoms with Gasteiger partial charge in [0.2, 0.25) is 5.91 Å². The van der Waals surface area contributed by atoms with E-state index in [-0.39, 0.29) is 28.8 Å². The highest BCUT2D eigenvalue weighted by Gasteiger charge is 2.26. The van der Waals surface area contributed by atoms with E-state index in [9.17, 15) is 19.2 Å². The van der Waals surface area contributed by atoms with E-state index in [0.717, 1.165) is 16.9 Å². The zero-order chi connectivity index (χ0) is 21.4. The molecule has 4 N–H and O–H groups in total. The minimum atomic E-state index is -0.887. The number of nitrogens with one attached hydrogen (secondary N) is 2. The van der Waals surface area contributed by atoms with Crippen molar-refractivity contribution in [1.29, 1.82) is 0 Å². The number of ether oxygens (including phenoxy) is 1. The Morgan fingerprint density at radius 3 is 2.38 bits per heavy atom. The van der Waals surface area contributed by atoms with Crippen LogP contribution in [0.2, 0.25) is 0 Å². The van der Waals surface area contributed by atoms with Crippen molar-refractivity contribution in [3.05, 3.63) is 52.9 Å². The first-order valence-electron chi connectivity index (χ1n) is 8.95. The van der Waals surface area contributed by atoms with Crippen LogP contribution < -0.4 is 16.4 Å². The minimum Gasteiger partial charge on any atom is -0.454 e. The number of benzene rings is 1. The van der Waals surface area contributed by atoms with Crippen molar-refractivity contribution < 1.29 is 23.9 Å². The van der Waals surface area contributed by atoms with E-state index in [4.69, 9.17) is 10.5 Å². The number of hydrogen-bond donors (Lipinski definition) is 3. The summed E-state index contributed by atoms with van der Waals surface area (Å²) in [7, 11) is 0. The molecule has 0 bridgehead atoms. The molecule has 2 rings (SSSR count). The van der Waals surface area contributed by atoms with Crippen LogP contribution in [0.1, 0.15) is 29.8 Å². The maximum atomic E-state index is 12.4. The van der Waals surface area contributed by atoms with Gasteiger partial charge in [0.1, 0.15) is 11.0 Å². The smallest absolute Gasteiger partial charge is 0.329 e. The lowest BCUT2D eigenvalue weighted by Gasteiger charge is -2.20. The van der Waals surface area contributed by atoms with Gasteiger partial charge in [-0.3, -0.25) is 14.4 Å². The van der Waals surface area contributed by atoms with Gasteiger partial charge in [-0.05, 0) is 22.9 Å². The number of primary amides is 1. The molecule has 8 nitrogen and oxygen atoms in total. The number of thiophene rings is 1. The highest BCUT2D eigenvalue weighted by Crippen LogP contribution is 2.22. The topological polar surface area (TPSA) is 128 Å². The summed E-state index contributed by atoms with van der Waals surface area (Å²) >= 11 is 1.13. The molecule has 9 heteroatoms. The van der Waals surface area contributed by atoms with Gasteiger partial charge < -0.3 is 21.1 Å². The minimum absolute atomic E-state index is 0.131. The second-order valence-corrected chi connectivity index (χ2v) is 7.55. The lowest BCUT2D eigenvalue weighted by molar-refractivity contribution is -0.151. The first kappa shape index (κ1) is 22.1. The van der Waals surface area contributed by atoms with Crippen molar-refractivity contribution >= 4 is 40.0 Å². The molecule has 0 aliphatic heterocycles. The maximum absolute atomic E-state index is 12.4. The molecular formula is C20H23N3O5S. The van der Waals surface area contributed by atoms with Crippen molar-refractivity contribution in [3.8, 4) is 0 Å². The van der Waals surface area contributed by atoms with E-state index in [2.05, 4.69) is 10.6 Å². The van der Waals surface area contributed by atoms with Gasteiger partial charge >= 0.3 is 5.97 Å². The van der Waals surface area contributed by atoms with Gasteiger partial charge in [-0.15, -0.1) is 11.3 Å². The molecule has 0 fully saturated rings. The third kappa shape index (κ3) is 6.72. The highest BCUT2D eigenvalue weighted by molar-refractivity contribution is 7.14. The second kappa shape index (κ2) is 10.4. The first-order valence-corrected chi connectivity index (χ1v) is 9.83. The van der Waals surface area contributed by atoms with Gasteiger partial charge in [-0.25, -0.2) is 4.79 Å². The van der Waals surface area contributed by atoms with Crippen molar-refractivity contribution in [2.24, 2.45) is 11.7 Å². The van der Waals surface area contributed by atoms with Gasteiger partial charge in [-0.1, -0.05) is 44.2 Å². The molecule has 0 unspecified atom stereocenters. The van der Waals surface area contributed by atoms with Crippen LogP contribution in [0.15, 0.2) is 41.8 Å². The molecule has 2 aromatic rings. The van der Waals surface area contributed by atoms with Gasteiger partial charge in [0.15, 0.2) is 6.61 Å². The largest absolute Gasteiger partial charge is 0.454 e. The number of rotatable bonds is 9. The molecule has 0 saturated carbocycles. The van der Waals surface area contributed by atoms with Crippen molar-refractivity contribution in [3.63, 3.8) is 0 Å². The molecular weight excluding hydrogens is 394 g/mol. The monoisotopic (exact) mass is 417 g/mol. The van der Waals surface area contributed by atoms with Crippen LogP contribution in [-0.2, 0) is 25.5 Å². The number of esters is 1. The van der Waals surface area contributed by atoms with Crippen molar-refractivity contribution in [2.75, 3.05) is 11.9 Å². The molecule has 1 aromatic heterocycles. The molecule has 1 aromatic carbocycles. The van der Waals surface area contributed by atoms with Crippen LogP contribution >= 0.6 is 11.3 Å². The fourth-order valence-corrected chi connectivity index (χ4v) is 3.30. The third-order valence-electron chi connectivity index (χ3n) is 3.97. The first-order chi connectivity index (χ1) is 13.8. The van der Waals surface area contributed by atoms with Crippen LogP contribution in [-0.4, -0.2) is 36.3 Å². The van der Waals surface area contributed by atoms with Crippen LogP contribution in [0, 0.1) is 5.92 Å². The summed E-state index contributed by atoms with van der Waals surface area (Å²) in [6.45, 7) is 2.98. The van der Waals surface area contributed by atoms with E-state index in [1.807, 2.05) is 30.3 Å². The third-order valence-corrected chi connectivity index (χ3v) is 4.80. The van der Waals surface area contributed by atoms with Crippen LogP contribution in [0.4, 0.5) is 5.00 Å². The Balaban J connectivity index is 1.88. The van der Waals surface area contributed by atoms with E-state index in [1.54, 1.807) is 19.2 Å². The Morgan fingerprint density at radius 2 is 1.76 bits per heavy atom. The summed E-state index contributed by atoms with van der Waals surface area (Å²) in [5.74, 6) is -2.54. The zero-order valence-electron chi connectivity index (χ0n) is 16.1. The predicted octanol–water partition coefficient (Wildman–Crippen LogP) is 1.71. The van der Waals surface area contributed by atoms with Gasteiger partial charge in [0.05, 0.1) is 12.0 Å². The zero-order valence-corrected chi connectivity index (χ0v) is 17.0. The van der Waals surface area contributed by atoms with Crippen molar-refractivity contribution in [1.82, 2.24) is 5.32 Å². The maximum Gasteiger partial charge on any atom is 0.329 e. The molecule has 0 aliphatic carbocycles. The molecule has 0 spiro atoms.